The number of nitrogens with zero attached hydrogens (tertiary/aromatic N) is 5. The van der Waals surface area contributed by atoms with Crippen LogP contribution in [0.4, 0.5) is 0 Å². The van der Waals surface area contributed by atoms with Crippen LogP contribution in [0.5, 0.6) is 0 Å². The van der Waals surface area contributed by atoms with Gasteiger partial charge in [0.25, 0.3) is 0 Å². The van der Waals surface area contributed by atoms with Gasteiger partial charge in [-0.25, -0.2) is 4.68 Å². The van der Waals surface area contributed by atoms with E-state index in [2.05, 4.69) is 71.6 Å². The van der Waals surface area contributed by atoms with Crippen LogP contribution in [0.2, 0.25) is 0 Å². The largest absolute Gasteiger partial charge is 0.244 e. The van der Waals surface area contributed by atoms with Crippen LogP contribution >= 0.6 is 0 Å². The standard InChI is InChI=1S/C20H21N5/c1-13(2)12-25-20-9-8-15(10-19(20)23-24-25)17-11-18(22-21-17)16-7-5-4-6-14(16)3/h4-10,13H,11-12H2,1-3H3. The van der Waals surface area contributed by atoms with Gasteiger partial charge >= 0.3 is 0 Å². The van der Waals surface area contributed by atoms with Crippen LogP contribution in [-0.2, 0) is 6.54 Å². The van der Waals surface area contributed by atoms with Gasteiger partial charge in [-0.1, -0.05) is 49.4 Å². The zero-order valence-electron chi connectivity index (χ0n) is 14.8. The van der Waals surface area contributed by atoms with Crippen LogP contribution in [0, 0.1) is 12.8 Å². The van der Waals surface area contributed by atoms with Crippen LogP contribution in [0.1, 0.15) is 37.0 Å². The van der Waals surface area contributed by atoms with Gasteiger partial charge in [-0.2, -0.15) is 10.2 Å². The molecule has 5 heteroatoms. The summed E-state index contributed by atoms with van der Waals surface area (Å²) in [5, 5.41) is 17.4. The van der Waals surface area contributed by atoms with E-state index in [1.807, 2.05) is 16.8 Å². The Morgan fingerprint density at radius 1 is 1.04 bits per heavy atom. The molecule has 0 unspecified atom stereocenters. The first-order chi connectivity index (χ1) is 12.1. The second-order valence-electron chi connectivity index (χ2n) is 6.95. The Hall–Kier alpha value is -2.82. The molecule has 25 heavy (non-hydrogen) atoms. The Balaban J connectivity index is 1.59. The molecule has 126 valence electrons. The van der Waals surface area contributed by atoms with Gasteiger partial charge in [0.05, 0.1) is 16.9 Å². The van der Waals surface area contributed by atoms with E-state index in [1.54, 1.807) is 0 Å². The molecule has 0 amide bonds. The molecule has 1 aliphatic heterocycles. The minimum Gasteiger partial charge on any atom is -0.244 e. The maximum Gasteiger partial charge on any atom is 0.113 e. The van der Waals surface area contributed by atoms with E-state index in [9.17, 15) is 0 Å². The van der Waals surface area contributed by atoms with Crippen molar-refractivity contribution in [3.63, 3.8) is 0 Å². The van der Waals surface area contributed by atoms with E-state index in [1.165, 1.54) is 11.1 Å². The number of hydrogen-bond donors (Lipinski definition) is 0. The predicted molar refractivity (Wildman–Crippen MR) is 101 cm³/mol. The minimum atomic E-state index is 0.536. The highest BCUT2D eigenvalue weighted by Gasteiger charge is 2.18. The summed E-state index contributed by atoms with van der Waals surface area (Å²) < 4.78 is 1.97. The number of aromatic nitrogens is 3. The average Bonchev–Trinajstić information content (AvgIpc) is 3.22. The lowest BCUT2D eigenvalue weighted by molar-refractivity contribution is 0.483. The van der Waals surface area contributed by atoms with Crippen molar-refractivity contribution >= 4 is 22.5 Å². The highest BCUT2D eigenvalue weighted by molar-refractivity contribution is 6.21. The maximum atomic E-state index is 4.42. The highest BCUT2D eigenvalue weighted by atomic mass is 15.4. The summed E-state index contributed by atoms with van der Waals surface area (Å²) >= 11 is 0. The molecule has 0 atom stereocenters. The van der Waals surface area contributed by atoms with Crippen LogP contribution in [0.25, 0.3) is 11.0 Å². The molecule has 2 aromatic carbocycles. The van der Waals surface area contributed by atoms with Crippen LogP contribution < -0.4 is 0 Å². The molecule has 4 rings (SSSR count). The first kappa shape index (κ1) is 15.7. The monoisotopic (exact) mass is 331 g/mol. The van der Waals surface area contributed by atoms with Gasteiger partial charge in [0, 0.05) is 24.1 Å². The van der Waals surface area contributed by atoms with E-state index in [0.717, 1.165) is 41.0 Å². The number of fused-ring (bicyclic) bond motifs is 1. The summed E-state index contributed by atoms with van der Waals surface area (Å²) in [7, 11) is 0. The summed E-state index contributed by atoms with van der Waals surface area (Å²) in [6.07, 6.45) is 0.747. The van der Waals surface area contributed by atoms with E-state index in [0.29, 0.717) is 5.92 Å². The Labute approximate surface area is 147 Å². The molecule has 0 aliphatic carbocycles. The Bertz CT molecular complexity index is 994. The van der Waals surface area contributed by atoms with Crippen molar-refractivity contribution in [3.05, 3.63) is 59.2 Å². The zero-order valence-corrected chi connectivity index (χ0v) is 14.8. The second kappa shape index (κ2) is 6.24. The van der Waals surface area contributed by atoms with Crippen molar-refractivity contribution in [2.75, 3.05) is 0 Å². The van der Waals surface area contributed by atoms with Crippen LogP contribution in [-0.4, -0.2) is 26.4 Å². The molecule has 1 aliphatic rings. The van der Waals surface area contributed by atoms with Crippen molar-refractivity contribution in [2.45, 2.75) is 33.7 Å². The zero-order chi connectivity index (χ0) is 17.4. The molecule has 0 saturated heterocycles. The van der Waals surface area contributed by atoms with E-state index in [-0.39, 0.29) is 0 Å². The number of aryl methyl sites for hydroxylation is 1. The third kappa shape index (κ3) is 2.97. The molecule has 0 N–H and O–H groups in total. The fourth-order valence-electron chi connectivity index (χ4n) is 3.19. The van der Waals surface area contributed by atoms with Gasteiger partial charge in [-0.3, -0.25) is 0 Å². The van der Waals surface area contributed by atoms with Gasteiger partial charge in [0.2, 0.25) is 0 Å². The van der Waals surface area contributed by atoms with Crippen LogP contribution in [0.3, 0.4) is 0 Å². The third-order valence-corrected chi connectivity index (χ3v) is 4.47. The molecule has 0 spiro atoms. The molecule has 0 fully saturated rings. The molecular formula is C20H21N5. The van der Waals surface area contributed by atoms with Gasteiger partial charge < -0.3 is 0 Å². The fraction of sp³-hybridized carbons (Fsp3) is 0.300. The van der Waals surface area contributed by atoms with Crippen molar-refractivity contribution in [1.29, 1.82) is 0 Å². The van der Waals surface area contributed by atoms with E-state index < -0.39 is 0 Å². The molecular weight excluding hydrogens is 310 g/mol. The summed E-state index contributed by atoms with van der Waals surface area (Å²) in [6.45, 7) is 7.34. The molecule has 5 nitrogen and oxygen atoms in total. The van der Waals surface area contributed by atoms with Crippen molar-refractivity contribution in [1.82, 2.24) is 15.0 Å². The lowest BCUT2D eigenvalue weighted by atomic mass is 9.98. The first-order valence-corrected chi connectivity index (χ1v) is 8.65. The fourth-order valence-corrected chi connectivity index (χ4v) is 3.19. The first-order valence-electron chi connectivity index (χ1n) is 8.65. The smallest absolute Gasteiger partial charge is 0.113 e. The predicted octanol–water partition coefficient (Wildman–Crippen LogP) is 3.99. The van der Waals surface area contributed by atoms with Crippen molar-refractivity contribution in [3.8, 4) is 0 Å². The third-order valence-electron chi connectivity index (χ3n) is 4.47. The SMILES string of the molecule is Cc1ccccc1C1=NN=C(c2ccc3c(c2)nnn3CC(C)C)C1. The molecule has 2 heterocycles. The summed E-state index contributed by atoms with van der Waals surface area (Å²) in [5.41, 5.74) is 7.45. The molecule has 1 aromatic heterocycles. The Morgan fingerprint density at radius 3 is 2.64 bits per heavy atom. The van der Waals surface area contributed by atoms with Gasteiger partial charge in [-0.05, 0) is 30.5 Å². The molecule has 0 bridgehead atoms. The summed E-state index contributed by atoms with van der Waals surface area (Å²) in [5.74, 6) is 0.536. The van der Waals surface area contributed by atoms with E-state index >= 15 is 0 Å². The second-order valence-corrected chi connectivity index (χ2v) is 6.95. The summed E-state index contributed by atoms with van der Waals surface area (Å²) in [4.78, 5) is 0. The molecule has 3 aromatic rings. The Kier molecular flexibility index (Phi) is 3.92. The van der Waals surface area contributed by atoms with E-state index in [4.69, 9.17) is 0 Å². The normalized spacial score (nSPS) is 14.2. The van der Waals surface area contributed by atoms with Crippen LogP contribution in [0.15, 0.2) is 52.7 Å². The lowest BCUT2D eigenvalue weighted by Gasteiger charge is -2.06. The van der Waals surface area contributed by atoms with Crippen molar-refractivity contribution < 1.29 is 0 Å². The Morgan fingerprint density at radius 2 is 1.84 bits per heavy atom. The van der Waals surface area contributed by atoms with Gasteiger partial charge in [0.15, 0.2) is 0 Å². The minimum absolute atomic E-state index is 0.536. The van der Waals surface area contributed by atoms with Gasteiger partial charge in [-0.15, -0.1) is 5.10 Å². The number of rotatable bonds is 4. The quantitative estimate of drug-likeness (QED) is 0.726. The average molecular weight is 331 g/mol. The number of hydrogen-bond acceptors (Lipinski definition) is 4. The maximum absolute atomic E-state index is 4.42. The number of benzene rings is 2. The van der Waals surface area contributed by atoms with Crippen molar-refractivity contribution in [2.24, 2.45) is 16.1 Å². The topological polar surface area (TPSA) is 55.4 Å². The van der Waals surface area contributed by atoms with Gasteiger partial charge in [0.1, 0.15) is 5.52 Å². The summed E-state index contributed by atoms with van der Waals surface area (Å²) in [6, 6.07) is 14.5. The highest BCUT2D eigenvalue weighted by Crippen LogP contribution is 2.21. The molecule has 0 radical (unpaired) electrons. The molecule has 0 saturated carbocycles. The lowest BCUT2D eigenvalue weighted by Crippen LogP contribution is -2.07.